The maximum absolute atomic E-state index is 15.2. The summed E-state index contributed by atoms with van der Waals surface area (Å²) in [7, 11) is 0. The fraction of sp³-hybridized carbons (Fsp3) is 0.455. The molecule has 0 bridgehead atoms. The van der Waals surface area contributed by atoms with Gasteiger partial charge in [0.15, 0.2) is 5.82 Å². The number of aromatic amines is 1. The van der Waals surface area contributed by atoms with Crippen molar-refractivity contribution in [3.05, 3.63) is 94.5 Å². The molecule has 4 fully saturated rings. The number of pyridine rings is 1. The second-order valence-electron chi connectivity index (χ2n) is 16.3. The van der Waals surface area contributed by atoms with Gasteiger partial charge in [-0.25, -0.2) is 18.7 Å². The van der Waals surface area contributed by atoms with E-state index in [0.29, 0.717) is 59.3 Å². The quantitative estimate of drug-likeness (QED) is 0.140. The lowest BCUT2D eigenvalue weighted by molar-refractivity contribution is -0.138. The van der Waals surface area contributed by atoms with Crippen molar-refractivity contribution < 1.29 is 23.2 Å². The molecule has 3 amide bonds. The molecule has 58 heavy (non-hydrogen) atoms. The average Bonchev–Trinajstić information content (AvgIpc) is 3.23. The molecular formula is C44H50F2N8O4. The van der Waals surface area contributed by atoms with Crippen LogP contribution in [0.3, 0.4) is 0 Å². The molecule has 1 saturated carbocycles. The molecule has 0 radical (unpaired) electrons. The molecule has 1 unspecified atom stereocenters. The van der Waals surface area contributed by atoms with Gasteiger partial charge in [-0.1, -0.05) is 24.3 Å². The zero-order valence-corrected chi connectivity index (χ0v) is 32.5. The zero-order chi connectivity index (χ0) is 40.2. The number of carbonyl (C=O) groups is 3. The Bertz CT molecular complexity index is 2190. The molecule has 1 atom stereocenters. The van der Waals surface area contributed by atoms with Crippen molar-refractivity contribution in [3.8, 4) is 22.4 Å². The molecule has 4 aliphatic rings. The van der Waals surface area contributed by atoms with Crippen LogP contribution in [0.25, 0.3) is 22.4 Å². The molecule has 4 N–H and O–H groups in total. The summed E-state index contributed by atoms with van der Waals surface area (Å²) in [6.07, 6.45) is 10.5. The Morgan fingerprint density at radius 2 is 1.59 bits per heavy atom. The minimum atomic E-state index is -0.552. The molecule has 2 aromatic heterocycles. The SMILES string of the molecule is O=C1CCC(Nc2ccc(C3CCN(CC4CCC(C(=O)N5CCC(Nc6ncc(F)c(-c7cccc(-c8ccc[nH]c8=O)c7)n6)CC5)CC4)CC3)c(F)c2)C(=O)N1. The standard InChI is InChI=1S/C44H50F2N8O4/c45-36-24-33(49-38-12-13-39(55)51-42(38)57)10-11-34(36)28-14-19-53(20-15-28)26-27-6-8-29(9-7-27)43(58)54-21-16-32(17-22-54)50-44-48-25-37(46)40(52-44)31-4-1-3-30(23-31)35-5-2-18-47-41(35)56/h1-5,10-11,18,23-25,27-29,32,38,49H,6-9,12-17,19-22,26H2,(H,47,56)(H,48,50,52)(H,51,55,57). The van der Waals surface area contributed by atoms with Crippen molar-refractivity contribution in [2.24, 2.45) is 11.8 Å². The zero-order valence-electron chi connectivity index (χ0n) is 32.5. The maximum atomic E-state index is 15.2. The van der Waals surface area contributed by atoms with Crippen LogP contribution in [-0.2, 0) is 14.4 Å². The van der Waals surface area contributed by atoms with Crippen LogP contribution in [0.5, 0.6) is 0 Å². The van der Waals surface area contributed by atoms with Crippen molar-refractivity contribution in [3.63, 3.8) is 0 Å². The number of aromatic nitrogens is 3. The molecule has 0 spiro atoms. The Morgan fingerprint density at radius 3 is 2.33 bits per heavy atom. The van der Waals surface area contributed by atoms with Gasteiger partial charge in [0.2, 0.25) is 23.7 Å². The highest BCUT2D eigenvalue weighted by molar-refractivity contribution is 6.01. The molecule has 4 aromatic rings. The van der Waals surface area contributed by atoms with Crippen LogP contribution in [0.15, 0.2) is 71.8 Å². The third kappa shape index (κ3) is 9.12. The highest BCUT2D eigenvalue weighted by Gasteiger charge is 2.33. The predicted molar refractivity (Wildman–Crippen MR) is 217 cm³/mol. The largest absolute Gasteiger partial charge is 0.374 e. The summed E-state index contributed by atoms with van der Waals surface area (Å²) in [4.78, 5) is 65.4. The molecule has 8 rings (SSSR count). The van der Waals surface area contributed by atoms with Crippen LogP contribution in [0, 0.1) is 23.5 Å². The number of rotatable bonds is 10. The Labute approximate surface area is 336 Å². The number of imide groups is 1. The fourth-order valence-corrected chi connectivity index (χ4v) is 9.17. The van der Waals surface area contributed by atoms with Gasteiger partial charge in [-0.15, -0.1) is 0 Å². The molecule has 12 nitrogen and oxygen atoms in total. The third-order valence-corrected chi connectivity index (χ3v) is 12.5. The van der Waals surface area contributed by atoms with Crippen molar-refractivity contribution in [2.45, 2.75) is 82.2 Å². The summed E-state index contributed by atoms with van der Waals surface area (Å²) in [6, 6.07) is 15.2. The van der Waals surface area contributed by atoms with E-state index in [2.05, 4.69) is 35.8 Å². The van der Waals surface area contributed by atoms with E-state index < -0.39 is 11.9 Å². The van der Waals surface area contributed by atoms with E-state index >= 15 is 4.39 Å². The molecule has 3 saturated heterocycles. The van der Waals surface area contributed by atoms with E-state index in [0.717, 1.165) is 71.0 Å². The van der Waals surface area contributed by atoms with Gasteiger partial charge in [-0.05, 0) is 124 Å². The van der Waals surface area contributed by atoms with Gasteiger partial charge in [0.1, 0.15) is 17.6 Å². The minimum absolute atomic E-state index is 0.0483. The summed E-state index contributed by atoms with van der Waals surface area (Å²) in [5.74, 6) is -0.157. The number of halogens is 2. The van der Waals surface area contributed by atoms with Gasteiger partial charge in [0, 0.05) is 61.0 Å². The fourth-order valence-electron chi connectivity index (χ4n) is 9.17. The lowest BCUT2D eigenvalue weighted by atomic mass is 9.80. The Hall–Kier alpha value is -5.50. The highest BCUT2D eigenvalue weighted by atomic mass is 19.1. The summed E-state index contributed by atoms with van der Waals surface area (Å²) in [5, 5.41) is 8.75. The molecule has 1 aliphatic carbocycles. The predicted octanol–water partition coefficient (Wildman–Crippen LogP) is 6.08. The lowest BCUT2D eigenvalue weighted by Crippen LogP contribution is -2.47. The van der Waals surface area contributed by atoms with Gasteiger partial charge in [0.05, 0.1) is 6.20 Å². The number of benzene rings is 2. The minimum Gasteiger partial charge on any atom is -0.374 e. The average molecular weight is 793 g/mol. The smallest absolute Gasteiger partial charge is 0.255 e. The second kappa shape index (κ2) is 17.6. The molecule has 5 heterocycles. The number of nitrogens with one attached hydrogen (secondary N) is 4. The first-order chi connectivity index (χ1) is 28.2. The van der Waals surface area contributed by atoms with Crippen LogP contribution in [0.1, 0.15) is 75.7 Å². The van der Waals surface area contributed by atoms with Gasteiger partial charge < -0.3 is 25.4 Å². The molecular weight excluding hydrogens is 743 g/mol. The van der Waals surface area contributed by atoms with Crippen molar-refractivity contribution in [1.29, 1.82) is 0 Å². The first-order valence-corrected chi connectivity index (χ1v) is 20.6. The number of piperidine rings is 3. The van der Waals surface area contributed by atoms with Crippen molar-refractivity contribution >= 4 is 29.4 Å². The molecule has 14 heteroatoms. The Kier molecular flexibility index (Phi) is 11.9. The van der Waals surface area contributed by atoms with E-state index in [1.807, 2.05) is 17.0 Å². The summed E-state index contributed by atoms with van der Waals surface area (Å²) < 4.78 is 30.2. The topological polar surface area (TPSA) is 152 Å². The number of H-pyrrole nitrogens is 1. The number of carbonyl (C=O) groups excluding carboxylic acids is 3. The van der Waals surface area contributed by atoms with E-state index in [1.165, 1.54) is 12.3 Å². The van der Waals surface area contributed by atoms with E-state index in [4.69, 9.17) is 0 Å². The number of anilines is 2. The Balaban J connectivity index is 0.761. The molecule has 2 aromatic carbocycles. The second-order valence-corrected chi connectivity index (χ2v) is 16.3. The third-order valence-electron chi connectivity index (χ3n) is 12.5. The van der Waals surface area contributed by atoms with Crippen LogP contribution in [0.4, 0.5) is 20.4 Å². The van der Waals surface area contributed by atoms with Crippen LogP contribution < -0.4 is 21.5 Å². The number of nitrogens with zero attached hydrogens (tertiary/aromatic N) is 4. The number of likely N-dealkylation sites (tertiary alicyclic amines) is 2. The first kappa shape index (κ1) is 39.3. The van der Waals surface area contributed by atoms with Gasteiger partial charge in [0.25, 0.3) is 5.56 Å². The van der Waals surface area contributed by atoms with Crippen molar-refractivity contribution in [2.75, 3.05) is 43.4 Å². The van der Waals surface area contributed by atoms with Crippen LogP contribution in [-0.4, -0.2) is 87.3 Å². The van der Waals surface area contributed by atoms with Crippen LogP contribution >= 0.6 is 0 Å². The summed E-state index contributed by atoms with van der Waals surface area (Å²) in [5.41, 5.74) is 2.88. The lowest BCUT2D eigenvalue weighted by Gasteiger charge is -2.38. The molecule has 304 valence electrons. The van der Waals surface area contributed by atoms with Gasteiger partial charge in [-0.2, -0.15) is 0 Å². The maximum Gasteiger partial charge on any atom is 0.255 e. The van der Waals surface area contributed by atoms with Gasteiger partial charge in [-0.3, -0.25) is 24.5 Å². The Morgan fingerprint density at radius 1 is 0.810 bits per heavy atom. The summed E-state index contributed by atoms with van der Waals surface area (Å²) in [6.45, 7) is 4.12. The van der Waals surface area contributed by atoms with E-state index in [9.17, 15) is 23.6 Å². The normalized spacial score (nSPS) is 22.4. The first-order valence-electron chi connectivity index (χ1n) is 20.6. The number of amides is 3. The van der Waals surface area contributed by atoms with E-state index in [1.54, 1.807) is 42.6 Å². The highest BCUT2D eigenvalue weighted by Crippen LogP contribution is 2.35. The molecule has 3 aliphatic heterocycles. The number of hydrogen-bond donors (Lipinski definition) is 4. The van der Waals surface area contributed by atoms with Crippen LogP contribution in [0.2, 0.25) is 0 Å². The summed E-state index contributed by atoms with van der Waals surface area (Å²) >= 11 is 0. The number of hydrogen-bond acceptors (Lipinski definition) is 9. The van der Waals surface area contributed by atoms with Crippen molar-refractivity contribution in [1.82, 2.24) is 30.1 Å². The van der Waals surface area contributed by atoms with E-state index in [-0.39, 0.29) is 59.1 Å². The monoisotopic (exact) mass is 792 g/mol. The van der Waals surface area contributed by atoms with Gasteiger partial charge >= 0.3 is 0 Å².